The van der Waals surface area contributed by atoms with Gasteiger partial charge < -0.3 is 9.72 Å². The van der Waals surface area contributed by atoms with Crippen LogP contribution < -0.4 is 0 Å². The lowest BCUT2D eigenvalue weighted by Crippen LogP contribution is -2.07. The minimum atomic E-state index is -4.47. The topological polar surface area (TPSA) is 42.1 Å². The average Bonchev–Trinajstić information content (AvgIpc) is 2.82. The zero-order chi connectivity index (χ0) is 16.5. The third-order valence-electron chi connectivity index (χ3n) is 3.28. The minimum Gasteiger partial charge on any atom is -0.464 e. The molecule has 0 atom stereocenters. The number of esters is 1. The van der Waals surface area contributed by atoms with Gasteiger partial charge in [-0.15, -0.1) is 0 Å². The Balaban J connectivity index is 2.71. The molecule has 1 aromatic carbocycles. The van der Waals surface area contributed by atoms with Crippen LogP contribution >= 0.6 is 22.6 Å². The maximum Gasteiger partial charge on any atom is 0.417 e. The Morgan fingerprint density at radius 2 is 1.95 bits per heavy atom. The van der Waals surface area contributed by atoms with Gasteiger partial charge in [0.2, 0.25) is 0 Å². The van der Waals surface area contributed by atoms with Gasteiger partial charge in [0.15, 0.2) is 0 Å². The fourth-order valence-corrected chi connectivity index (χ4v) is 3.27. The second-order valence-corrected chi connectivity index (χ2v) is 5.63. The highest BCUT2D eigenvalue weighted by Gasteiger charge is 2.34. The average molecular weight is 423 g/mol. The van der Waals surface area contributed by atoms with Gasteiger partial charge in [0.25, 0.3) is 0 Å². The smallest absolute Gasteiger partial charge is 0.417 e. The van der Waals surface area contributed by atoms with Crippen LogP contribution in [0.15, 0.2) is 24.3 Å². The standard InChI is InChI=1S/C15H13F3INO2/c1-3-8-11(19)13(14(21)22-2)20-12(8)9-6-4-5-7-10(9)15(16,17)18/h4-7,20H,3H2,1-2H3. The molecule has 1 aromatic heterocycles. The molecule has 2 aromatic rings. The summed E-state index contributed by atoms with van der Waals surface area (Å²) >= 11 is 1.95. The van der Waals surface area contributed by atoms with E-state index in [2.05, 4.69) is 9.72 Å². The highest BCUT2D eigenvalue weighted by Crippen LogP contribution is 2.39. The summed E-state index contributed by atoms with van der Waals surface area (Å²) in [5.41, 5.74) is 0.434. The molecule has 0 saturated carbocycles. The number of H-pyrrole nitrogens is 1. The molecule has 1 heterocycles. The van der Waals surface area contributed by atoms with Crippen LogP contribution in [0.5, 0.6) is 0 Å². The number of hydrogen-bond donors (Lipinski definition) is 1. The molecule has 0 amide bonds. The van der Waals surface area contributed by atoms with Crippen molar-refractivity contribution in [3.8, 4) is 11.3 Å². The molecule has 22 heavy (non-hydrogen) atoms. The van der Waals surface area contributed by atoms with Gasteiger partial charge in [0, 0.05) is 9.13 Å². The normalized spacial score (nSPS) is 11.5. The van der Waals surface area contributed by atoms with Gasteiger partial charge in [0.1, 0.15) is 5.69 Å². The highest BCUT2D eigenvalue weighted by atomic mass is 127. The third-order valence-corrected chi connectivity index (χ3v) is 4.47. The Morgan fingerprint density at radius 1 is 1.32 bits per heavy atom. The molecule has 0 saturated heterocycles. The molecule has 0 bridgehead atoms. The molecule has 1 N–H and O–H groups in total. The summed E-state index contributed by atoms with van der Waals surface area (Å²) in [5, 5.41) is 0. The first-order chi connectivity index (χ1) is 10.3. The summed E-state index contributed by atoms with van der Waals surface area (Å²) in [6.45, 7) is 1.83. The quantitative estimate of drug-likeness (QED) is 0.577. The number of carbonyl (C=O) groups excluding carboxylic acids is 1. The fourth-order valence-electron chi connectivity index (χ4n) is 2.27. The zero-order valence-electron chi connectivity index (χ0n) is 11.8. The molecule has 0 fully saturated rings. The van der Waals surface area contributed by atoms with Crippen molar-refractivity contribution in [2.24, 2.45) is 0 Å². The summed E-state index contributed by atoms with van der Waals surface area (Å²) < 4.78 is 44.8. The van der Waals surface area contributed by atoms with Crippen molar-refractivity contribution in [1.29, 1.82) is 0 Å². The highest BCUT2D eigenvalue weighted by molar-refractivity contribution is 14.1. The van der Waals surface area contributed by atoms with Crippen LogP contribution in [0, 0.1) is 3.57 Å². The van der Waals surface area contributed by atoms with Crippen LogP contribution in [0.2, 0.25) is 0 Å². The van der Waals surface area contributed by atoms with Gasteiger partial charge in [-0.3, -0.25) is 0 Å². The van der Waals surface area contributed by atoms with Crippen molar-refractivity contribution in [1.82, 2.24) is 4.98 Å². The summed E-state index contributed by atoms with van der Waals surface area (Å²) in [4.78, 5) is 14.5. The Labute approximate surface area is 139 Å². The number of benzene rings is 1. The number of aromatic nitrogens is 1. The number of aromatic amines is 1. The molecular formula is C15H13F3INO2. The first kappa shape index (κ1) is 16.9. The summed E-state index contributed by atoms with van der Waals surface area (Å²) in [7, 11) is 1.23. The van der Waals surface area contributed by atoms with Gasteiger partial charge in [0.05, 0.1) is 18.4 Å². The lowest BCUT2D eigenvalue weighted by Gasteiger charge is -2.13. The van der Waals surface area contributed by atoms with Crippen LogP contribution in [-0.2, 0) is 17.3 Å². The number of carbonyl (C=O) groups is 1. The van der Waals surface area contributed by atoms with Crippen LogP contribution in [0.25, 0.3) is 11.3 Å². The molecule has 0 aliphatic rings. The molecule has 0 aliphatic heterocycles. The molecule has 2 rings (SSSR count). The van der Waals surface area contributed by atoms with E-state index in [0.29, 0.717) is 21.2 Å². The second kappa shape index (κ2) is 6.31. The molecule has 118 valence electrons. The largest absolute Gasteiger partial charge is 0.464 e. The SMILES string of the molecule is CCc1c(-c2ccccc2C(F)(F)F)[nH]c(C(=O)OC)c1I. The molecular weight excluding hydrogens is 410 g/mol. The van der Waals surface area contributed by atoms with Crippen molar-refractivity contribution in [3.05, 3.63) is 44.7 Å². The molecule has 7 heteroatoms. The van der Waals surface area contributed by atoms with E-state index >= 15 is 0 Å². The fraction of sp³-hybridized carbons (Fsp3) is 0.267. The number of rotatable bonds is 3. The van der Waals surface area contributed by atoms with Crippen LogP contribution in [0.4, 0.5) is 13.2 Å². The van der Waals surface area contributed by atoms with E-state index in [0.717, 1.165) is 6.07 Å². The summed E-state index contributed by atoms with van der Waals surface area (Å²) in [6.07, 6.45) is -3.98. The first-order valence-corrected chi connectivity index (χ1v) is 7.54. The van der Waals surface area contributed by atoms with Gasteiger partial charge in [-0.2, -0.15) is 13.2 Å². The Morgan fingerprint density at radius 3 is 2.50 bits per heavy atom. The maximum atomic E-state index is 13.2. The van der Waals surface area contributed by atoms with Crippen molar-refractivity contribution < 1.29 is 22.7 Å². The molecule has 0 radical (unpaired) electrons. The first-order valence-electron chi connectivity index (χ1n) is 6.46. The molecule has 0 spiro atoms. The van der Waals surface area contributed by atoms with E-state index in [9.17, 15) is 18.0 Å². The maximum absolute atomic E-state index is 13.2. The number of methoxy groups -OCH3 is 1. The van der Waals surface area contributed by atoms with Gasteiger partial charge in [-0.1, -0.05) is 25.1 Å². The summed E-state index contributed by atoms with van der Waals surface area (Å²) in [6, 6.07) is 5.30. The van der Waals surface area contributed by atoms with E-state index in [1.54, 1.807) is 0 Å². The van der Waals surface area contributed by atoms with E-state index in [1.807, 2.05) is 29.5 Å². The zero-order valence-corrected chi connectivity index (χ0v) is 14.0. The molecule has 0 unspecified atom stereocenters. The monoisotopic (exact) mass is 423 g/mol. The van der Waals surface area contributed by atoms with E-state index in [4.69, 9.17) is 0 Å². The van der Waals surface area contributed by atoms with Crippen molar-refractivity contribution in [3.63, 3.8) is 0 Å². The predicted molar refractivity (Wildman–Crippen MR) is 84.7 cm³/mol. The number of halogens is 4. The van der Waals surface area contributed by atoms with Gasteiger partial charge >= 0.3 is 12.1 Å². The van der Waals surface area contributed by atoms with Gasteiger partial charge in [-0.25, -0.2) is 4.79 Å². The number of ether oxygens (including phenoxy) is 1. The van der Waals surface area contributed by atoms with Crippen LogP contribution in [-0.4, -0.2) is 18.1 Å². The second-order valence-electron chi connectivity index (χ2n) is 4.56. The number of hydrogen-bond acceptors (Lipinski definition) is 2. The van der Waals surface area contributed by atoms with E-state index in [-0.39, 0.29) is 11.3 Å². The lowest BCUT2D eigenvalue weighted by atomic mass is 10.0. The molecule has 0 aliphatic carbocycles. The van der Waals surface area contributed by atoms with E-state index < -0.39 is 17.7 Å². The number of alkyl halides is 3. The van der Waals surface area contributed by atoms with Crippen LogP contribution in [0.3, 0.4) is 0 Å². The molecule has 3 nitrogen and oxygen atoms in total. The summed E-state index contributed by atoms with van der Waals surface area (Å²) in [5.74, 6) is -0.602. The van der Waals surface area contributed by atoms with Crippen LogP contribution in [0.1, 0.15) is 28.5 Å². The van der Waals surface area contributed by atoms with Gasteiger partial charge in [-0.05, 0) is 40.6 Å². The minimum absolute atomic E-state index is 0.0277. The Kier molecular flexibility index (Phi) is 4.84. The lowest BCUT2D eigenvalue weighted by molar-refractivity contribution is -0.137. The Hall–Kier alpha value is -1.51. The predicted octanol–water partition coefficient (Wildman–Crippen LogP) is 4.65. The Bertz CT molecular complexity index is 707. The van der Waals surface area contributed by atoms with Crippen molar-refractivity contribution >= 4 is 28.6 Å². The van der Waals surface area contributed by atoms with Crippen molar-refractivity contribution in [2.45, 2.75) is 19.5 Å². The number of nitrogens with one attached hydrogen (secondary N) is 1. The van der Waals surface area contributed by atoms with Crippen molar-refractivity contribution in [2.75, 3.05) is 7.11 Å². The third kappa shape index (κ3) is 2.99. The van der Waals surface area contributed by atoms with E-state index in [1.165, 1.54) is 25.3 Å².